The van der Waals surface area contributed by atoms with Crippen LogP contribution in [0.2, 0.25) is 0 Å². The van der Waals surface area contributed by atoms with Crippen LogP contribution in [0, 0.1) is 5.82 Å². The van der Waals surface area contributed by atoms with Crippen LogP contribution in [0.1, 0.15) is 18.5 Å². The highest BCUT2D eigenvalue weighted by atomic mass is 127. The molecule has 1 aromatic carbocycles. The molecule has 2 aromatic heterocycles. The second kappa shape index (κ2) is 11.8. The van der Waals surface area contributed by atoms with Crippen molar-refractivity contribution in [2.75, 3.05) is 37.6 Å². The molecule has 0 saturated carbocycles. The van der Waals surface area contributed by atoms with Gasteiger partial charge in [0, 0.05) is 45.7 Å². The summed E-state index contributed by atoms with van der Waals surface area (Å²) < 4.78 is 21.6. The van der Waals surface area contributed by atoms with E-state index >= 15 is 0 Å². The maximum atomic E-state index is 14.2. The van der Waals surface area contributed by atoms with Gasteiger partial charge in [-0.15, -0.1) is 34.2 Å². The predicted molar refractivity (Wildman–Crippen MR) is 133 cm³/mol. The van der Waals surface area contributed by atoms with Gasteiger partial charge in [0.2, 0.25) is 0 Å². The van der Waals surface area contributed by atoms with Gasteiger partial charge in [-0.25, -0.2) is 9.38 Å². The van der Waals surface area contributed by atoms with Crippen molar-refractivity contribution in [3.8, 4) is 0 Å². The highest BCUT2D eigenvalue weighted by Gasteiger charge is 2.21. The summed E-state index contributed by atoms with van der Waals surface area (Å²) in [5.74, 6) is 2.43. The first-order valence-corrected chi connectivity index (χ1v) is 10.7. The Morgan fingerprint density at radius 3 is 2.69 bits per heavy atom. The molecule has 1 fully saturated rings. The van der Waals surface area contributed by atoms with E-state index in [1.807, 2.05) is 28.8 Å². The van der Waals surface area contributed by atoms with E-state index in [0.29, 0.717) is 18.8 Å². The number of aryl methyl sites for hydroxylation is 1. The fraction of sp³-hybridized carbons (Fsp3) is 0.409. The number of benzene rings is 1. The Morgan fingerprint density at radius 2 is 1.97 bits per heavy atom. The monoisotopic (exact) mass is 553 g/mol. The lowest BCUT2D eigenvalue weighted by atomic mass is 10.2. The normalized spacial score (nSPS) is 14.4. The van der Waals surface area contributed by atoms with Crippen molar-refractivity contribution in [2.45, 2.75) is 26.4 Å². The number of anilines is 1. The van der Waals surface area contributed by atoms with Crippen molar-refractivity contribution >= 4 is 35.6 Å². The van der Waals surface area contributed by atoms with Gasteiger partial charge >= 0.3 is 0 Å². The topological polar surface area (TPSA) is 74.7 Å². The Morgan fingerprint density at radius 1 is 1.16 bits per heavy atom. The van der Waals surface area contributed by atoms with E-state index in [-0.39, 0.29) is 29.8 Å². The van der Waals surface area contributed by atoms with Gasteiger partial charge in [-0.1, -0.05) is 19.1 Å². The summed E-state index contributed by atoms with van der Waals surface area (Å²) in [6.45, 7) is 6.97. The number of guanidine groups is 1. The summed E-state index contributed by atoms with van der Waals surface area (Å²) in [7, 11) is 0. The van der Waals surface area contributed by atoms with E-state index in [1.54, 1.807) is 18.7 Å². The van der Waals surface area contributed by atoms with E-state index < -0.39 is 0 Å². The van der Waals surface area contributed by atoms with Gasteiger partial charge in [0.25, 0.3) is 0 Å². The number of rotatable bonds is 7. The zero-order valence-corrected chi connectivity index (χ0v) is 20.5. The average molecular weight is 553 g/mol. The van der Waals surface area contributed by atoms with Gasteiger partial charge in [-0.2, -0.15) is 0 Å². The zero-order valence-electron chi connectivity index (χ0n) is 18.2. The van der Waals surface area contributed by atoms with Gasteiger partial charge in [-0.3, -0.25) is 0 Å². The second-order valence-electron chi connectivity index (χ2n) is 7.37. The minimum Gasteiger partial charge on any atom is -0.467 e. The molecule has 1 aliphatic rings. The smallest absolute Gasteiger partial charge is 0.194 e. The van der Waals surface area contributed by atoms with Gasteiger partial charge in [0.05, 0.1) is 12.0 Å². The SMILES string of the molecule is CCc1nncn1CCNC(=NCc1ccco1)N1CCN(c2ccccc2F)CC1.I. The largest absolute Gasteiger partial charge is 0.467 e. The molecule has 0 spiro atoms. The summed E-state index contributed by atoms with van der Waals surface area (Å²) in [6, 6.07) is 10.7. The van der Waals surface area contributed by atoms with Gasteiger partial charge in [0.15, 0.2) is 5.96 Å². The maximum absolute atomic E-state index is 14.2. The first-order valence-electron chi connectivity index (χ1n) is 10.7. The Labute approximate surface area is 204 Å². The van der Waals surface area contributed by atoms with Crippen LogP contribution in [-0.4, -0.2) is 58.3 Å². The molecule has 1 N–H and O–H groups in total. The number of nitrogens with zero attached hydrogens (tertiary/aromatic N) is 6. The van der Waals surface area contributed by atoms with Gasteiger partial charge in [-0.05, 0) is 24.3 Å². The minimum absolute atomic E-state index is 0. The molecule has 8 nitrogen and oxygen atoms in total. The second-order valence-corrected chi connectivity index (χ2v) is 7.37. The summed E-state index contributed by atoms with van der Waals surface area (Å²) >= 11 is 0. The van der Waals surface area contributed by atoms with Gasteiger partial charge < -0.3 is 24.1 Å². The highest BCUT2D eigenvalue weighted by Crippen LogP contribution is 2.20. The number of hydrogen-bond donors (Lipinski definition) is 1. The summed E-state index contributed by atoms with van der Waals surface area (Å²) in [6.07, 6.45) is 4.26. The predicted octanol–water partition coefficient (Wildman–Crippen LogP) is 3.16. The Hall–Kier alpha value is -2.63. The van der Waals surface area contributed by atoms with Crippen LogP contribution in [0.4, 0.5) is 10.1 Å². The summed E-state index contributed by atoms with van der Waals surface area (Å²) in [4.78, 5) is 9.07. The van der Waals surface area contributed by atoms with Crippen LogP contribution in [-0.2, 0) is 19.5 Å². The van der Waals surface area contributed by atoms with Crippen molar-refractivity contribution in [1.82, 2.24) is 25.0 Å². The Kier molecular flexibility index (Phi) is 8.89. The van der Waals surface area contributed by atoms with Crippen molar-refractivity contribution in [2.24, 2.45) is 4.99 Å². The first-order chi connectivity index (χ1) is 15.2. The molecule has 0 radical (unpaired) electrons. The Bertz CT molecular complexity index is 984. The molecular formula is C22H29FIN7O. The van der Waals surface area contributed by atoms with E-state index in [0.717, 1.165) is 56.7 Å². The number of furan rings is 1. The van der Waals surface area contributed by atoms with E-state index in [2.05, 4.69) is 32.2 Å². The standard InChI is InChI=1S/C22H28FN7O.HI/c1-2-21-27-26-17-30(21)10-9-24-22(25-16-18-6-5-15-31-18)29-13-11-28(12-14-29)20-8-4-3-7-19(20)23;/h3-8,15,17H,2,9-14,16H2,1H3,(H,24,25);1H. The van der Waals surface area contributed by atoms with Crippen LogP contribution in [0.25, 0.3) is 0 Å². The molecule has 4 rings (SSSR count). The fourth-order valence-electron chi connectivity index (χ4n) is 3.72. The molecule has 0 unspecified atom stereocenters. The highest BCUT2D eigenvalue weighted by molar-refractivity contribution is 14.0. The van der Waals surface area contributed by atoms with Crippen molar-refractivity contribution < 1.29 is 8.81 Å². The number of nitrogens with one attached hydrogen (secondary N) is 1. The van der Waals surface area contributed by atoms with Crippen LogP contribution in [0.15, 0.2) is 58.4 Å². The molecule has 0 aliphatic carbocycles. The molecule has 0 bridgehead atoms. The average Bonchev–Trinajstić information content (AvgIpc) is 3.48. The van der Waals surface area contributed by atoms with Gasteiger partial charge in [0.1, 0.15) is 30.3 Å². The summed E-state index contributed by atoms with van der Waals surface area (Å²) in [5, 5.41) is 11.6. The van der Waals surface area contributed by atoms with Crippen molar-refractivity contribution in [3.05, 3.63) is 66.4 Å². The van der Waals surface area contributed by atoms with E-state index in [1.165, 1.54) is 6.07 Å². The molecule has 172 valence electrons. The van der Waals surface area contributed by atoms with Crippen molar-refractivity contribution in [1.29, 1.82) is 0 Å². The molecule has 1 saturated heterocycles. The molecule has 0 atom stereocenters. The molecule has 3 aromatic rings. The third-order valence-electron chi connectivity index (χ3n) is 5.38. The fourth-order valence-corrected chi connectivity index (χ4v) is 3.72. The maximum Gasteiger partial charge on any atom is 0.194 e. The van der Waals surface area contributed by atoms with Crippen molar-refractivity contribution in [3.63, 3.8) is 0 Å². The Balaban J connectivity index is 0.00000289. The molecular weight excluding hydrogens is 524 g/mol. The lowest BCUT2D eigenvalue weighted by molar-refractivity contribution is 0.368. The summed E-state index contributed by atoms with van der Waals surface area (Å²) in [5.41, 5.74) is 0.656. The number of aliphatic imine (C=N–C) groups is 1. The number of hydrogen-bond acceptors (Lipinski definition) is 5. The lowest BCUT2D eigenvalue weighted by Gasteiger charge is -2.37. The van der Waals surface area contributed by atoms with Crippen LogP contribution in [0.5, 0.6) is 0 Å². The first kappa shape index (κ1) is 24.0. The number of halogens is 2. The van der Waals surface area contributed by atoms with E-state index in [4.69, 9.17) is 9.41 Å². The van der Waals surface area contributed by atoms with Crippen LogP contribution < -0.4 is 10.2 Å². The molecule has 10 heteroatoms. The zero-order chi connectivity index (χ0) is 21.5. The third kappa shape index (κ3) is 5.99. The van der Waals surface area contributed by atoms with E-state index in [9.17, 15) is 4.39 Å². The number of piperazine rings is 1. The molecule has 0 amide bonds. The molecule has 32 heavy (non-hydrogen) atoms. The minimum atomic E-state index is -0.179. The van der Waals surface area contributed by atoms with Crippen LogP contribution >= 0.6 is 24.0 Å². The molecule has 1 aliphatic heterocycles. The quantitative estimate of drug-likeness (QED) is 0.276. The van der Waals surface area contributed by atoms with Crippen LogP contribution in [0.3, 0.4) is 0 Å². The lowest BCUT2D eigenvalue weighted by Crippen LogP contribution is -2.53. The number of aromatic nitrogens is 3. The third-order valence-corrected chi connectivity index (χ3v) is 5.38. The molecule has 3 heterocycles. The number of para-hydroxylation sites is 1.